The SMILES string of the molecule is c1cnc2ccc(-c3cc(-c4cc(-c5cccc6ccccc56)nc(-c5cccc6ccccc56)c4)cc(-c4ccc5ncccc5c4)c3)cc2c1. The fraction of sp³-hybridized carbons (Fsp3) is 0. The molecule has 242 valence electrons. The van der Waals surface area contributed by atoms with E-state index in [1.807, 2.05) is 24.5 Å². The van der Waals surface area contributed by atoms with E-state index in [0.717, 1.165) is 77.7 Å². The van der Waals surface area contributed by atoms with Gasteiger partial charge in [-0.1, -0.05) is 109 Å². The highest BCUT2D eigenvalue weighted by molar-refractivity contribution is 6.00. The average molecular weight is 662 g/mol. The van der Waals surface area contributed by atoms with Crippen LogP contribution in [-0.2, 0) is 0 Å². The molecule has 0 aliphatic heterocycles. The lowest BCUT2D eigenvalue weighted by atomic mass is 9.91. The van der Waals surface area contributed by atoms with E-state index in [1.54, 1.807) is 0 Å². The molecular weight excluding hydrogens is 631 g/mol. The Bertz CT molecular complexity index is 2770. The lowest BCUT2D eigenvalue weighted by molar-refractivity contribution is 1.33. The van der Waals surface area contributed by atoms with Crippen LogP contribution in [0.3, 0.4) is 0 Å². The quantitative estimate of drug-likeness (QED) is 0.184. The third kappa shape index (κ3) is 5.37. The maximum absolute atomic E-state index is 5.42. The van der Waals surface area contributed by atoms with Gasteiger partial charge in [0.15, 0.2) is 0 Å². The highest BCUT2D eigenvalue weighted by atomic mass is 14.7. The molecule has 0 saturated heterocycles. The molecular formula is C49H31N3. The summed E-state index contributed by atoms with van der Waals surface area (Å²) in [6.07, 6.45) is 3.69. The van der Waals surface area contributed by atoms with Crippen LogP contribution in [0, 0.1) is 0 Å². The van der Waals surface area contributed by atoms with E-state index in [0.29, 0.717) is 0 Å². The number of rotatable bonds is 5. The second-order valence-electron chi connectivity index (χ2n) is 13.3. The van der Waals surface area contributed by atoms with Crippen molar-refractivity contribution in [3.8, 4) is 55.9 Å². The predicted octanol–water partition coefficient (Wildman–Crippen LogP) is 12.8. The molecule has 0 spiro atoms. The molecule has 0 bridgehead atoms. The van der Waals surface area contributed by atoms with Crippen LogP contribution in [0.25, 0.3) is 99.2 Å². The van der Waals surface area contributed by atoms with E-state index in [-0.39, 0.29) is 0 Å². The van der Waals surface area contributed by atoms with Gasteiger partial charge >= 0.3 is 0 Å². The van der Waals surface area contributed by atoms with Gasteiger partial charge < -0.3 is 0 Å². The fourth-order valence-corrected chi connectivity index (χ4v) is 7.51. The minimum Gasteiger partial charge on any atom is -0.256 e. The largest absolute Gasteiger partial charge is 0.256 e. The van der Waals surface area contributed by atoms with Crippen LogP contribution in [0.15, 0.2) is 188 Å². The molecule has 3 heteroatoms. The van der Waals surface area contributed by atoms with Crippen LogP contribution in [0.5, 0.6) is 0 Å². The summed E-state index contributed by atoms with van der Waals surface area (Å²) in [4.78, 5) is 14.6. The zero-order valence-electron chi connectivity index (χ0n) is 28.2. The lowest BCUT2D eigenvalue weighted by Gasteiger charge is -2.16. The Morgan fingerprint density at radius 3 is 1.23 bits per heavy atom. The molecule has 0 radical (unpaired) electrons. The number of pyridine rings is 3. The van der Waals surface area contributed by atoms with Crippen molar-refractivity contribution in [1.29, 1.82) is 0 Å². The van der Waals surface area contributed by atoms with E-state index in [2.05, 4.69) is 174 Å². The number of nitrogens with zero attached hydrogens (tertiary/aromatic N) is 3. The van der Waals surface area contributed by atoms with Gasteiger partial charge in [-0.3, -0.25) is 9.97 Å². The predicted molar refractivity (Wildman–Crippen MR) is 217 cm³/mol. The van der Waals surface area contributed by atoms with Crippen LogP contribution in [0.1, 0.15) is 0 Å². The van der Waals surface area contributed by atoms with Gasteiger partial charge in [-0.2, -0.15) is 0 Å². The van der Waals surface area contributed by atoms with E-state index < -0.39 is 0 Å². The van der Waals surface area contributed by atoms with Crippen molar-refractivity contribution in [1.82, 2.24) is 15.0 Å². The molecule has 0 aliphatic carbocycles. The average Bonchev–Trinajstić information content (AvgIpc) is 3.22. The molecule has 3 nitrogen and oxygen atoms in total. The molecule has 0 N–H and O–H groups in total. The van der Waals surface area contributed by atoms with Crippen molar-refractivity contribution in [2.45, 2.75) is 0 Å². The van der Waals surface area contributed by atoms with Crippen LogP contribution in [-0.4, -0.2) is 15.0 Å². The fourth-order valence-electron chi connectivity index (χ4n) is 7.51. The van der Waals surface area contributed by atoms with Crippen LogP contribution in [0.2, 0.25) is 0 Å². The molecule has 0 amide bonds. The van der Waals surface area contributed by atoms with Crippen molar-refractivity contribution in [3.05, 3.63) is 188 Å². The van der Waals surface area contributed by atoms with Crippen molar-refractivity contribution in [2.75, 3.05) is 0 Å². The summed E-state index contributed by atoms with van der Waals surface area (Å²) < 4.78 is 0. The third-order valence-corrected chi connectivity index (χ3v) is 10.1. The molecule has 52 heavy (non-hydrogen) atoms. The second kappa shape index (κ2) is 12.4. The molecule has 3 heterocycles. The molecule has 0 saturated carbocycles. The molecule has 10 aromatic rings. The van der Waals surface area contributed by atoms with Crippen molar-refractivity contribution in [3.63, 3.8) is 0 Å². The first-order chi connectivity index (χ1) is 25.7. The maximum Gasteiger partial charge on any atom is 0.0721 e. The number of hydrogen-bond acceptors (Lipinski definition) is 3. The first-order valence-electron chi connectivity index (χ1n) is 17.6. The van der Waals surface area contributed by atoms with Crippen molar-refractivity contribution in [2.24, 2.45) is 0 Å². The minimum absolute atomic E-state index is 0.942. The zero-order chi connectivity index (χ0) is 34.4. The Kier molecular flexibility index (Phi) is 7.14. The zero-order valence-corrected chi connectivity index (χ0v) is 28.2. The Labute approximate surface area is 301 Å². The van der Waals surface area contributed by atoms with Gasteiger partial charge in [-0.15, -0.1) is 0 Å². The Morgan fingerprint density at radius 1 is 0.288 bits per heavy atom. The Balaban J connectivity index is 1.24. The van der Waals surface area contributed by atoms with Gasteiger partial charge in [0, 0.05) is 34.3 Å². The van der Waals surface area contributed by atoms with Crippen LogP contribution in [0.4, 0.5) is 0 Å². The van der Waals surface area contributed by atoms with Gasteiger partial charge in [0.05, 0.1) is 22.4 Å². The second-order valence-corrected chi connectivity index (χ2v) is 13.3. The highest BCUT2D eigenvalue weighted by Gasteiger charge is 2.15. The molecule has 0 unspecified atom stereocenters. The molecule has 10 rings (SSSR count). The van der Waals surface area contributed by atoms with Crippen LogP contribution < -0.4 is 0 Å². The summed E-state index contributed by atoms with van der Waals surface area (Å²) in [6, 6.07) is 62.9. The molecule has 0 atom stereocenters. The third-order valence-electron chi connectivity index (χ3n) is 10.1. The lowest BCUT2D eigenvalue weighted by Crippen LogP contribution is -1.94. The highest BCUT2D eigenvalue weighted by Crippen LogP contribution is 2.39. The summed E-state index contributed by atoms with van der Waals surface area (Å²) in [7, 11) is 0. The maximum atomic E-state index is 5.42. The summed E-state index contributed by atoms with van der Waals surface area (Å²) in [5.41, 5.74) is 12.9. The van der Waals surface area contributed by atoms with Gasteiger partial charge in [0.25, 0.3) is 0 Å². The smallest absolute Gasteiger partial charge is 0.0721 e. The van der Waals surface area contributed by atoms with E-state index in [1.165, 1.54) is 21.5 Å². The van der Waals surface area contributed by atoms with E-state index in [4.69, 9.17) is 4.98 Å². The molecule has 0 aliphatic rings. The standard InChI is InChI=1S/C49H31N3/c1-3-15-42-32(9-1)11-5-17-44(42)48-30-41(31-49(52-48)45-18-6-12-33-10-2-4-16-43(33)45)40-28-38(34-19-21-46-36(25-34)13-7-23-50-46)27-39(29-40)35-20-22-47-37(26-35)14-8-24-51-47/h1-31H. The summed E-state index contributed by atoms with van der Waals surface area (Å²) in [5.74, 6) is 0. The summed E-state index contributed by atoms with van der Waals surface area (Å²) in [5, 5.41) is 6.98. The van der Waals surface area contributed by atoms with Gasteiger partial charge in [0.1, 0.15) is 0 Å². The number of hydrogen-bond donors (Lipinski definition) is 0. The van der Waals surface area contributed by atoms with Gasteiger partial charge in [-0.05, 0) is 122 Å². The normalized spacial score (nSPS) is 11.5. The summed E-state index contributed by atoms with van der Waals surface area (Å²) >= 11 is 0. The Hall–Kier alpha value is -6.97. The number of benzene rings is 7. The van der Waals surface area contributed by atoms with Gasteiger partial charge in [-0.25, -0.2) is 4.98 Å². The topological polar surface area (TPSA) is 38.7 Å². The number of aromatic nitrogens is 3. The van der Waals surface area contributed by atoms with Gasteiger partial charge in [0.2, 0.25) is 0 Å². The first-order valence-corrected chi connectivity index (χ1v) is 17.6. The summed E-state index contributed by atoms with van der Waals surface area (Å²) in [6.45, 7) is 0. The monoisotopic (exact) mass is 661 g/mol. The Morgan fingerprint density at radius 2 is 0.712 bits per heavy atom. The van der Waals surface area contributed by atoms with E-state index in [9.17, 15) is 0 Å². The number of fused-ring (bicyclic) bond motifs is 4. The minimum atomic E-state index is 0.942. The van der Waals surface area contributed by atoms with Crippen molar-refractivity contribution >= 4 is 43.4 Å². The van der Waals surface area contributed by atoms with Crippen LogP contribution >= 0.6 is 0 Å². The first kappa shape index (κ1) is 29.9. The molecule has 0 fully saturated rings. The van der Waals surface area contributed by atoms with E-state index >= 15 is 0 Å². The molecule has 7 aromatic carbocycles. The molecule has 3 aromatic heterocycles. The van der Waals surface area contributed by atoms with Crippen molar-refractivity contribution < 1.29 is 0 Å².